The van der Waals surface area contributed by atoms with Gasteiger partial charge < -0.3 is 10.5 Å². The van der Waals surface area contributed by atoms with Gasteiger partial charge in [-0.15, -0.1) is 0 Å². The van der Waals surface area contributed by atoms with Crippen LogP contribution in [0, 0.1) is 5.82 Å². The van der Waals surface area contributed by atoms with Crippen molar-refractivity contribution < 1.29 is 17.5 Å². The maximum atomic E-state index is 13.7. The van der Waals surface area contributed by atoms with E-state index < -0.39 is 15.8 Å². The highest BCUT2D eigenvalue weighted by Crippen LogP contribution is 2.24. The zero-order valence-corrected chi connectivity index (χ0v) is 12.0. The van der Waals surface area contributed by atoms with Gasteiger partial charge in [0, 0.05) is 25.9 Å². The highest BCUT2D eigenvalue weighted by Gasteiger charge is 2.28. The molecule has 1 aliphatic heterocycles. The van der Waals surface area contributed by atoms with Crippen molar-refractivity contribution in [1.82, 2.24) is 4.31 Å². The van der Waals surface area contributed by atoms with Gasteiger partial charge >= 0.3 is 0 Å². The van der Waals surface area contributed by atoms with Gasteiger partial charge in [-0.2, -0.15) is 4.31 Å². The van der Waals surface area contributed by atoms with Crippen LogP contribution in [0.25, 0.3) is 0 Å². The number of halogens is 1. The van der Waals surface area contributed by atoms with Crippen molar-refractivity contribution in [3.8, 4) is 0 Å². The standard InChI is InChI=1S/C13H17FN2O3S/c1-19-9-10-4-6-16(7-5-10)20(17,18)13-8-11(15)2-3-12(13)14/h2-4,8H,5-7,9,15H2,1H3. The third-order valence-corrected chi connectivity index (χ3v) is 5.05. The van der Waals surface area contributed by atoms with E-state index in [9.17, 15) is 12.8 Å². The molecule has 0 aliphatic carbocycles. The lowest BCUT2D eigenvalue weighted by molar-refractivity contribution is 0.219. The monoisotopic (exact) mass is 300 g/mol. The summed E-state index contributed by atoms with van der Waals surface area (Å²) in [7, 11) is -2.27. The number of sulfonamides is 1. The lowest BCUT2D eigenvalue weighted by Crippen LogP contribution is -2.35. The van der Waals surface area contributed by atoms with Crippen LogP contribution in [-0.4, -0.2) is 39.5 Å². The smallest absolute Gasteiger partial charge is 0.246 e. The number of anilines is 1. The van der Waals surface area contributed by atoms with Crippen LogP contribution in [0.1, 0.15) is 6.42 Å². The summed E-state index contributed by atoms with van der Waals surface area (Å²) >= 11 is 0. The maximum absolute atomic E-state index is 13.7. The van der Waals surface area contributed by atoms with Crippen molar-refractivity contribution in [3.63, 3.8) is 0 Å². The molecule has 2 N–H and O–H groups in total. The number of hydrogen-bond acceptors (Lipinski definition) is 4. The molecular weight excluding hydrogens is 283 g/mol. The number of methoxy groups -OCH3 is 1. The molecule has 0 unspecified atom stereocenters. The fourth-order valence-corrected chi connectivity index (χ4v) is 3.56. The highest BCUT2D eigenvalue weighted by atomic mass is 32.2. The second-order valence-electron chi connectivity index (χ2n) is 4.60. The molecule has 20 heavy (non-hydrogen) atoms. The van der Waals surface area contributed by atoms with Crippen LogP contribution in [0.2, 0.25) is 0 Å². The third kappa shape index (κ3) is 3.00. The fourth-order valence-electron chi connectivity index (χ4n) is 2.08. The molecule has 5 nitrogen and oxygen atoms in total. The van der Waals surface area contributed by atoms with E-state index >= 15 is 0 Å². The van der Waals surface area contributed by atoms with Gasteiger partial charge in [0.15, 0.2) is 0 Å². The summed E-state index contributed by atoms with van der Waals surface area (Å²) < 4.78 is 44.8. The Morgan fingerprint density at radius 2 is 2.20 bits per heavy atom. The Bertz CT molecular complexity index is 629. The zero-order valence-electron chi connectivity index (χ0n) is 11.2. The quantitative estimate of drug-likeness (QED) is 0.673. The summed E-state index contributed by atoms with van der Waals surface area (Å²) in [6.45, 7) is 1.02. The molecule has 7 heteroatoms. The number of nitrogens with zero attached hydrogens (tertiary/aromatic N) is 1. The molecular formula is C13H17FN2O3S. The molecule has 1 aromatic rings. The van der Waals surface area contributed by atoms with Gasteiger partial charge in [-0.25, -0.2) is 12.8 Å². The van der Waals surface area contributed by atoms with Gasteiger partial charge in [-0.1, -0.05) is 6.08 Å². The minimum absolute atomic E-state index is 0.218. The topological polar surface area (TPSA) is 72.6 Å². The predicted octanol–water partition coefficient (Wildman–Crippen LogP) is 1.38. The molecule has 0 radical (unpaired) electrons. The summed E-state index contributed by atoms with van der Waals surface area (Å²) in [5.74, 6) is -0.786. The molecule has 0 bridgehead atoms. The second-order valence-corrected chi connectivity index (χ2v) is 6.50. The Labute approximate surface area is 117 Å². The van der Waals surface area contributed by atoms with Crippen LogP contribution >= 0.6 is 0 Å². The number of nitrogens with two attached hydrogens (primary N) is 1. The summed E-state index contributed by atoms with van der Waals surface area (Å²) in [4.78, 5) is -0.374. The summed E-state index contributed by atoms with van der Waals surface area (Å²) in [5.41, 5.74) is 6.81. The first kappa shape index (κ1) is 15.0. The Morgan fingerprint density at radius 3 is 2.80 bits per heavy atom. The third-order valence-electron chi connectivity index (χ3n) is 3.17. The molecule has 0 amide bonds. The molecule has 0 saturated carbocycles. The van der Waals surface area contributed by atoms with Crippen molar-refractivity contribution >= 4 is 15.7 Å². The molecule has 1 aromatic carbocycles. The summed E-state index contributed by atoms with van der Waals surface area (Å²) in [5, 5.41) is 0. The normalized spacial score (nSPS) is 17.0. The van der Waals surface area contributed by atoms with Crippen molar-refractivity contribution in [2.45, 2.75) is 11.3 Å². The molecule has 1 aliphatic rings. The molecule has 0 saturated heterocycles. The van der Waals surface area contributed by atoms with Crippen molar-refractivity contribution in [2.75, 3.05) is 32.5 Å². The van der Waals surface area contributed by atoms with Crippen LogP contribution < -0.4 is 5.73 Å². The molecule has 110 valence electrons. The fraction of sp³-hybridized carbons (Fsp3) is 0.385. The zero-order chi connectivity index (χ0) is 14.8. The first-order valence-corrected chi connectivity index (χ1v) is 7.61. The van der Waals surface area contributed by atoms with E-state index in [2.05, 4.69) is 0 Å². The van der Waals surface area contributed by atoms with Crippen molar-refractivity contribution in [1.29, 1.82) is 0 Å². The van der Waals surface area contributed by atoms with Crippen LogP contribution in [0.15, 0.2) is 34.7 Å². The molecule has 0 fully saturated rings. The Morgan fingerprint density at radius 1 is 1.45 bits per heavy atom. The minimum Gasteiger partial charge on any atom is -0.399 e. The molecule has 2 rings (SSSR count). The molecule has 0 atom stereocenters. The first-order valence-electron chi connectivity index (χ1n) is 6.17. The van der Waals surface area contributed by atoms with E-state index in [0.29, 0.717) is 19.6 Å². The largest absolute Gasteiger partial charge is 0.399 e. The van der Waals surface area contributed by atoms with E-state index in [-0.39, 0.29) is 17.1 Å². The van der Waals surface area contributed by atoms with Gasteiger partial charge in [0.1, 0.15) is 10.7 Å². The highest BCUT2D eigenvalue weighted by molar-refractivity contribution is 7.89. The Kier molecular flexibility index (Phi) is 4.42. The molecule has 0 spiro atoms. The maximum Gasteiger partial charge on any atom is 0.246 e. The number of hydrogen-bond donors (Lipinski definition) is 1. The van der Waals surface area contributed by atoms with Crippen LogP contribution in [0.3, 0.4) is 0 Å². The number of ether oxygens (including phenoxy) is 1. The number of nitrogen functional groups attached to an aromatic ring is 1. The van der Waals surface area contributed by atoms with Crippen LogP contribution in [0.5, 0.6) is 0 Å². The van der Waals surface area contributed by atoms with Crippen molar-refractivity contribution in [3.05, 3.63) is 35.7 Å². The van der Waals surface area contributed by atoms with Crippen molar-refractivity contribution in [2.24, 2.45) is 0 Å². The van der Waals surface area contributed by atoms with Gasteiger partial charge in [0.05, 0.1) is 6.61 Å². The predicted molar refractivity (Wildman–Crippen MR) is 74.1 cm³/mol. The van der Waals surface area contributed by atoms with Gasteiger partial charge in [0.2, 0.25) is 10.0 Å². The summed E-state index contributed by atoms with van der Waals surface area (Å²) in [6.07, 6.45) is 2.38. The van der Waals surface area contributed by atoms with Gasteiger partial charge in [0.25, 0.3) is 0 Å². The number of rotatable bonds is 4. The average molecular weight is 300 g/mol. The van der Waals surface area contributed by atoms with Gasteiger partial charge in [-0.05, 0) is 30.2 Å². The lowest BCUT2D eigenvalue weighted by Gasteiger charge is -2.25. The van der Waals surface area contributed by atoms with Crippen LogP contribution in [0.4, 0.5) is 10.1 Å². The average Bonchev–Trinajstić information content (AvgIpc) is 2.42. The molecule has 1 heterocycles. The Balaban J connectivity index is 2.26. The second kappa shape index (κ2) is 5.90. The van der Waals surface area contributed by atoms with E-state index in [1.807, 2.05) is 0 Å². The molecule has 0 aromatic heterocycles. The first-order chi connectivity index (χ1) is 9.45. The summed E-state index contributed by atoms with van der Waals surface area (Å²) in [6, 6.07) is 3.55. The minimum atomic E-state index is -3.86. The van der Waals surface area contributed by atoms with E-state index in [1.165, 1.54) is 10.4 Å². The van der Waals surface area contributed by atoms with E-state index in [0.717, 1.165) is 17.7 Å². The van der Waals surface area contributed by atoms with Gasteiger partial charge in [-0.3, -0.25) is 0 Å². The van der Waals surface area contributed by atoms with E-state index in [1.54, 1.807) is 13.2 Å². The van der Waals surface area contributed by atoms with Crippen LogP contribution in [-0.2, 0) is 14.8 Å². The number of benzene rings is 1. The lowest BCUT2D eigenvalue weighted by atomic mass is 10.1. The SMILES string of the molecule is COCC1=CCN(S(=O)(=O)c2cc(N)ccc2F)CC1. The Hall–Kier alpha value is -1.44. The van der Waals surface area contributed by atoms with E-state index in [4.69, 9.17) is 10.5 Å².